The highest BCUT2D eigenvalue weighted by Gasteiger charge is 2.22. The summed E-state index contributed by atoms with van der Waals surface area (Å²) >= 11 is 0. The molecule has 0 aliphatic carbocycles. The van der Waals surface area contributed by atoms with Crippen molar-refractivity contribution >= 4 is 11.9 Å². The lowest BCUT2D eigenvalue weighted by Crippen LogP contribution is -2.42. The number of carbonyl (C=O) groups excluding carboxylic acids is 1. The average Bonchev–Trinajstić information content (AvgIpc) is 2.03. The van der Waals surface area contributed by atoms with Crippen LogP contribution in [0.5, 0.6) is 0 Å². The lowest BCUT2D eigenvalue weighted by atomic mass is 10.2. The van der Waals surface area contributed by atoms with E-state index in [1.54, 1.807) is 4.90 Å². The van der Waals surface area contributed by atoms with E-state index in [9.17, 15) is 4.79 Å². The molecule has 2 amide bonds. The summed E-state index contributed by atoms with van der Waals surface area (Å²) in [5.74, 6) is 0.458. The van der Waals surface area contributed by atoms with E-state index < -0.39 is 0 Å². The van der Waals surface area contributed by atoms with Crippen LogP contribution >= 0.6 is 0 Å². The van der Waals surface area contributed by atoms with Gasteiger partial charge < -0.3 is 10.6 Å². The molecule has 1 aliphatic heterocycles. The maximum atomic E-state index is 11.3. The van der Waals surface area contributed by atoms with Crippen LogP contribution in [-0.2, 0) is 0 Å². The first-order valence-electron chi connectivity index (χ1n) is 4.28. The third kappa shape index (κ3) is 1.75. The Labute approximate surface area is 72.4 Å². The van der Waals surface area contributed by atoms with Crippen LogP contribution in [-0.4, -0.2) is 29.4 Å². The number of hydrogen-bond acceptors (Lipinski definition) is 2. The highest BCUT2D eigenvalue weighted by atomic mass is 16.2. The average molecular weight is 169 g/mol. The predicted octanol–water partition coefficient (Wildman–Crippen LogP) is 0.968. The lowest BCUT2D eigenvalue weighted by Gasteiger charge is -2.29. The molecule has 1 rings (SSSR count). The van der Waals surface area contributed by atoms with Gasteiger partial charge >= 0.3 is 6.03 Å². The molecule has 0 bridgehead atoms. The number of nitrogens with two attached hydrogens (primary N) is 1. The van der Waals surface area contributed by atoms with Crippen LogP contribution in [0.3, 0.4) is 0 Å². The van der Waals surface area contributed by atoms with E-state index in [2.05, 4.69) is 11.9 Å². The van der Waals surface area contributed by atoms with E-state index in [0.717, 1.165) is 6.42 Å². The number of hydrogen-bond donors (Lipinski definition) is 1. The Bertz CT molecular complexity index is 212. The molecule has 0 radical (unpaired) electrons. The first-order valence-corrected chi connectivity index (χ1v) is 4.28. The molecule has 0 spiro atoms. The summed E-state index contributed by atoms with van der Waals surface area (Å²) in [6, 6.07) is 0.0856. The maximum absolute atomic E-state index is 11.3. The number of carbonyl (C=O) groups is 1. The quantitative estimate of drug-likeness (QED) is 0.669. The van der Waals surface area contributed by atoms with E-state index in [-0.39, 0.29) is 12.1 Å². The van der Waals surface area contributed by atoms with E-state index >= 15 is 0 Å². The fraction of sp³-hybridized carbons (Fsp3) is 0.750. The van der Waals surface area contributed by atoms with Gasteiger partial charge in [0, 0.05) is 19.0 Å². The van der Waals surface area contributed by atoms with Gasteiger partial charge in [0.1, 0.15) is 5.84 Å². The third-order valence-electron chi connectivity index (χ3n) is 2.22. The van der Waals surface area contributed by atoms with Crippen LogP contribution in [0.15, 0.2) is 4.99 Å². The molecule has 1 atom stereocenters. The van der Waals surface area contributed by atoms with Gasteiger partial charge in [-0.05, 0) is 13.3 Å². The zero-order valence-electron chi connectivity index (χ0n) is 7.58. The Kier molecular flexibility index (Phi) is 2.68. The van der Waals surface area contributed by atoms with Crippen molar-refractivity contribution in [3.63, 3.8) is 0 Å². The second-order valence-corrected chi connectivity index (χ2v) is 3.09. The van der Waals surface area contributed by atoms with Crippen LogP contribution in [0.25, 0.3) is 0 Å². The first-order chi connectivity index (χ1) is 5.65. The second-order valence-electron chi connectivity index (χ2n) is 3.09. The van der Waals surface area contributed by atoms with Crippen molar-refractivity contribution in [1.82, 2.24) is 4.90 Å². The molecular formula is C8H15N3O. The summed E-state index contributed by atoms with van der Waals surface area (Å²) < 4.78 is 0. The fourth-order valence-corrected chi connectivity index (χ4v) is 1.20. The summed E-state index contributed by atoms with van der Waals surface area (Å²) in [7, 11) is 0. The standard InChI is InChI=1S/C8H15N3O/c1-3-6(2)11-5-4-7(9)10-8(11)12/h6H,3-5H2,1-2H3,(H2,9,10,12)/t6-/m0/s1. The van der Waals surface area contributed by atoms with Crippen molar-refractivity contribution in [2.45, 2.75) is 32.7 Å². The zero-order chi connectivity index (χ0) is 9.14. The molecule has 0 aromatic carbocycles. The topological polar surface area (TPSA) is 58.7 Å². The summed E-state index contributed by atoms with van der Waals surface area (Å²) in [4.78, 5) is 16.7. The Morgan fingerprint density at radius 1 is 1.75 bits per heavy atom. The summed E-state index contributed by atoms with van der Waals surface area (Å²) in [6.45, 7) is 4.79. The lowest BCUT2D eigenvalue weighted by molar-refractivity contribution is 0.186. The Morgan fingerprint density at radius 2 is 2.42 bits per heavy atom. The second kappa shape index (κ2) is 3.56. The molecule has 0 saturated carbocycles. The zero-order valence-corrected chi connectivity index (χ0v) is 7.58. The molecule has 2 N–H and O–H groups in total. The van der Waals surface area contributed by atoms with Crippen molar-refractivity contribution in [2.75, 3.05) is 6.54 Å². The molecule has 0 fully saturated rings. The van der Waals surface area contributed by atoms with Gasteiger partial charge in [-0.2, -0.15) is 4.99 Å². The van der Waals surface area contributed by atoms with E-state index in [0.29, 0.717) is 18.8 Å². The van der Waals surface area contributed by atoms with Gasteiger partial charge in [0.05, 0.1) is 0 Å². The molecular weight excluding hydrogens is 154 g/mol. The van der Waals surface area contributed by atoms with Crippen molar-refractivity contribution in [1.29, 1.82) is 0 Å². The van der Waals surface area contributed by atoms with Crippen molar-refractivity contribution < 1.29 is 4.79 Å². The molecule has 0 saturated heterocycles. The van der Waals surface area contributed by atoms with E-state index in [1.807, 2.05) is 6.92 Å². The maximum Gasteiger partial charge on any atom is 0.345 e. The van der Waals surface area contributed by atoms with Gasteiger partial charge in [0.2, 0.25) is 0 Å². The molecule has 12 heavy (non-hydrogen) atoms. The number of aliphatic imine (C=N–C) groups is 1. The van der Waals surface area contributed by atoms with Gasteiger partial charge in [0.25, 0.3) is 0 Å². The number of nitrogens with zero attached hydrogens (tertiary/aromatic N) is 2. The summed E-state index contributed by atoms with van der Waals surface area (Å²) in [6.07, 6.45) is 1.66. The molecule has 0 aromatic heterocycles. The van der Waals surface area contributed by atoms with E-state index in [4.69, 9.17) is 5.73 Å². The Hall–Kier alpha value is -1.06. The predicted molar refractivity (Wildman–Crippen MR) is 48.1 cm³/mol. The van der Waals surface area contributed by atoms with Gasteiger partial charge in [0.15, 0.2) is 0 Å². The highest BCUT2D eigenvalue weighted by molar-refractivity contribution is 5.95. The molecule has 4 nitrogen and oxygen atoms in total. The van der Waals surface area contributed by atoms with Crippen LogP contribution in [0.2, 0.25) is 0 Å². The minimum atomic E-state index is -0.187. The highest BCUT2D eigenvalue weighted by Crippen LogP contribution is 2.10. The summed E-state index contributed by atoms with van der Waals surface area (Å²) in [5, 5.41) is 0. The van der Waals surface area contributed by atoms with Gasteiger partial charge in [-0.1, -0.05) is 6.92 Å². The van der Waals surface area contributed by atoms with Gasteiger partial charge in [-0.25, -0.2) is 4.79 Å². The summed E-state index contributed by atoms with van der Waals surface area (Å²) in [5.41, 5.74) is 5.43. The molecule has 0 aromatic rings. The van der Waals surface area contributed by atoms with Crippen molar-refractivity contribution in [3.05, 3.63) is 0 Å². The van der Waals surface area contributed by atoms with Crippen molar-refractivity contribution in [2.24, 2.45) is 10.7 Å². The van der Waals surface area contributed by atoms with Crippen LogP contribution in [0.1, 0.15) is 26.7 Å². The minimum absolute atomic E-state index is 0.187. The van der Waals surface area contributed by atoms with Crippen LogP contribution in [0, 0.1) is 0 Å². The van der Waals surface area contributed by atoms with Gasteiger partial charge in [-0.15, -0.1) is 0 Å². The SMILES string of the molecule is CC[C@H](C)N1CCC(N)=NC1=O. The first kappa shape index (κ1) is 9.03. The number of amides is 2. The third-order valence-corrected chi connectivity index (χ3v) is 2.22. The van der Waals surface area contributed by atoms with E-state index in [1.165, 1.54) is 0 Å². The number of urea groups is 1. The number of rotatable bonds is 2. The fourth-order valence-electron chi connectivity index (χ4n) is 1.20. The molecule has 0 unspecified atom stereocenters. The van der Waals surface area contributed by atoms with Crippen LogP contribution < -0.4 is 5.73 Å². The minimum Gasteiger partial charge on any atom is -0.387 e. The Balaban J connectivity index is 2.65. The number of amidine groups is 1. The Morgan fingerprint density at radius 3 is 2.92 bits per heavy atom. The molecule has 68 valence electrons. The van der Waals surface area contributed by atoms with Crippen molar-refractivity contribution in [3.8, 4) is 0 Å². The smallest absolute Gasteiger partial charge is 0.345 e. The molecule has 4 heteroatoms. The van der Waals surface area contributed by atoms with Gasteiger partial charge in [-0.3, -0.25) is 0 Å². The normalized spacial score (nSPS) is 20.7. The largest absolute Gasteiger partial charge is 0.387 e. The monoisotopic (exact) mass is 169 g/mol. The molecule has 1 aliphatic rings. The van der Waals surface area contributed by atoms with Crippen LogP contribution in [0.4, 0.5) is 4.79 Å². The molecule has 1 heterocycles.